The van der Waals surface area contributed by atoms with E-state index in [1.54, 1.807) is 18.2 Å². The van der Waals surface area contributed by atoms with E-state index in [2.05, 4.69) is 10.7 Å². The average Bonchev–Trinajstić information content (AvgIpc) is 2.22. The van der Waals surface area contributed by atoms with E-state index in [-0.39, 0.29) is 12.5 Å². The third kappa shape index (κ3) is 2.00. The maximum Gasteiger partial charge on any atom is 0.343 e. The first-order valence-corrected chi connectivity index (χ1v) is 5.09. The molecule has 0 radical (unpaired) electrons. The third-order valence-corrected chi connectivity index (χ3v) is 2.67. The second-order valence-electron chi connectivity index (χ2n) is 3.46. The number of hydrogen-bond donors (Lipinski definition) is 2. The lowest BCUT2D eigenvalue weighted by Crippen LogP contribution is -2.59. The summed E-state index contributed by atoms with van der Waals surface area (Å²) in [6, 6.07) is 4.69. The van der Waals surface area contributed by atoms with Crippen LogP contribution in [0.3, 0.4) is 0 Å². The zero-order valence-electron chi connectivity index (χ0n) is 8.58. The Bertz CT molecular complexity index is 461. The van der Waals surface area contributed by atoms with Crippen LogP contribution in [0.25, 0.3) is 0 Å². The summed E-state index contributed by atoms with van der Waals surface area (Å²) < 4.78 is 0. The Labute approximate surface area is 97.3 Å². The number of imide groups is 1. The van der Waals surface area contributed by atoms with E-state index in [1.165, 1.54) is 5.01 Å². The van der Waals surface area contributed by atoms with Gasteiger partial charge >= 0.3 is 6.03 Å². The van der Waals surface area contributed by atoms with Crippen LogP contribution in [0, 0.1) is 6.92 Å². The van der Waals surface area contributed by atoms with E-state index in [1.807, 2.05) is 6.92 Å². The van der Waals surface area contributed by atoms with Crippen LogP contribution in [-0.2, 0) is 4.79 Å². The Kier molecular flexibility index (Phi) is 2.80. The predicted molar refractivity (Wildman–Crippen MR) is 60.2 cm³/mol. The first-order chi connectivity index (χ1) is 7.58. The number of carbonyl (C=O) groups excluding carboxylic acids is 2. The van der Waals surface area contributed by atoms with Gasteiger partial charge in [-0.1, -0.05) is 11.6 Å². The topological polar surface area (TPSA) is 61.4 Å². The van der Waals surface area contributed by atoms with E-state index in [0.29, 0.717) is 10.7 Å². The van der Waals surface area contributed by atoms with Gasteiger partial charge in [-0.3, -0.25) is 10.1 Å². The lowest BCUT2D eigenvalue weighted by Gasteiger charge is -2.27. The van der Waals surface area contributed by atoms with Crippen LogP contribution < -0.4 is 15.8 Å². The highest BCUT2D eigenvalue weighted by atomic mass is 35.5. The summed E-state index contributed by atoms with van der Waals surface area (Å²) in [5.74, 6) is -0.341. The molecule has 1 aromatic rings. The van der Waals surface area contributed by atoms with Crippen LogP contribution >= 0.6 is 11.6 Å². The fourth-order valence-electron chi connectivity index (χ4n) is 1.42. The van der Waals surface area contributed by atoms with Gasteiger partial charge in [0, 0.05) is 5.02 Å². The Morgan fingerprint density at radius 3 is 2.75 bits per heavy atom. The molecule has 0 unspecified atom stereocenters. The second-order valence-corrected chi connectivity index (χ2v) is 3.86. The molecular weight excluding hydrogens is 230 g/mol. The van der Waals surface area contributed by atoms with Crippen molar-refractivity contribution in [2.24, 2.45) is 0 Å². The lowest BCUT2D eigenvalue weighted by molar-refractivity contribution is -0.119. The highest BCUT2D eigenvalue weighted by Gasteiger charge is 2.23. The van der Waals surface area contributed by atoms with Crippen molar-refractivity contribution in [2.75, 3.05) is 11.6 Å². The molecule has 0 spiro atoms. The second kappa shape index (κ2) is 4.11. The van der Waals surface area contributed by atoms with Gasteiger partial charge in [0.2, 0.25) is 5.91 Å². The molecule has 1 aliphatic rings. The van der Waals surface area contributed by atoms with Gasteiger partial charge in [-0.05, 0) is 30.7 Å². The summed E-state index contributed by atoms with van der Waals surface area (Å²) in [7, 11) is 0. The van der Waals surface area contributed by atoms with E-state index < -0.39 is 6.03 Å². The Hall–Kier alpha value is -1.59. The van der Waals surface area contributed by atoms with Gasteiger partial charge in [0.1, 0.15) is 0 Å². The number of aryl methyl sites for hydroxylation is 1. The highest BCUT2D eigenvalue weighted by Crippen LogP contribution is 2.22. The molecule has 5 nitrogen and oxygen atoms in total. The largest absolute Gasteiger partial charge is 0.343 e. The van der Waals surface area contributed by atoms with Gasteiger partial charge in [-0.25, -0.2) is 15.2 Å². The minimum atomic E-state index is -0.488. The minimum Gasteiger partial charge on any atom is -0.275 e. The van der Waals surface area contributed by atoms with Crippen LogP contribution in [0.4, 0.5) is 10.5 Å². The molecule has 84 valence electrons. The standard InChI is InChI=1S/C10H10ClN3O2/c1-6-4-7(2-3-8(6)11)14-10(16)13-9(15)5-12-14/h2-4,12H,5H2,1H3,(H,13,15,16). The fraction of sp³-hybridized carbons (Fsp3) is 0.200. The Morgan fingerprint density at radius 2 is 2.12 bits per heavy atom. The summed E-state index contributed by atoms with van der Waals surface area (Å²) in [6.45, 7) is 1.92. The van der Waals surface area contributed by atoms with Gasteiger partial charge in [0.05, 0.1) is 12.2 Å². The number of benzene rings is 1. The van der Waals surface area contributed by atoms with Gasteiger partial charge in [-0.2, -0.15) is 0 Å². The van der Waals surface area contributed by atoms with Crippen molar-refractivity contribution in [2.45, 2.75) is 6.92 Å². The quantitative estimate of drug-likeness (QED) is 0.774. The minimum absolute atomic E-state index is 0.0768. The number of carbonyl (C=O) groups is 2. The van der Waals surface area contributed by atoms with Gasteiger partial charge < -0.3 is 0 Å². The first-order valence-electron chi connectivity index (χ1n) is 4.71. The van der Waals surface area contributed by atoms with Crippen LogP contribution in [-0.4, -0.2) is 18.5 Å². The van der Waals surface area contributed by atoms with Crippen molar-refractivity contribution in [1.29, 1.82) is 0 Å². The van der Waals surface area contributed by atoms with Crippen LogP contribution in [0.1, 0.15) is 5.56 Å². The number of nitrogens with one attached hydrogen (secondary N) is 2. The van der Waals surface area contributed by atoms with Crippen molar-refractivity contribution in [1.82, 2.24) is 10.7 Å². The molecule has 3 amide bonds. The molecule has 0 aromatic heterocycles. The maximum atomic E-state index is 11.5. The lowest BCUT2D eigenvalue weighted by atomic mass is 10.2. The van der Waals surface area contributed by atoms with Crippen molar-refractivity contribution in [3.63, 3.8) is 0 Å². The first kappa shape index (κ1) is 10.9. The number of halogens is 1. The van der Waals surface area contributed by atoms with Crippen molar-refractivity contribution in [3.05, 3.63) is 28.8 Å². The highest BCUT2D eigenvalue weighted by molar-refractivity contribution is 6.31. The van der Waals surface area contributed by atoms with Crippen molar-refractivity contribution >= 4 is 29.2 Å². The molecule has 1 heterocycles. The molecule has 0 aliphatic carbocycles. The van der Waals surface area contributed by atoms with Gasteiger partial charge in [0.15, 0.2) is 0 Å². The molecule has 1 aromatic carbocycles. The number of anilines is 1. The zero-order chi connectivity index (χ0) is 11.7. The normalized spacial score (nSPS) is 16.2. The van der Waals surface area contributed by atoms with E-state index in [0.717, 1.165) is 5.56 Å². The van der Waals surface area contributed by atoms with Crippen LogP contribution in [0.2, 0.25) is 5.02 Å². The molecular formula is C10H10ClN3O2. The number of amides is 3. The van der Waals surface area contributed by atoms with Crippen LogP contribution in [0.5, 0.6) is 0 Å². The van der Waals surface area contributed by atoms with E-state index in [4.69, 9.17) is 11.6 Å². The fourth-order valence-corrected chi connectivity index (χ4v) is 1.54. The van der Waals surface area contributed by atoms with Gasteiger partial charge in [0.25, 0.3) is 0 Å². The number of nitrogens with zero attached hydrogens (tertiary/aromatic N) is 1. The number of urea groups is 1. The molecule has 1 fully saturated rings. The molecule has 0 saturated carbocycles. The Morgan fingerprint density at radius 1 is 1.38 bits per heavy atom. The van der Waals surface area contributed by atoms with Crippen molar-refractivity contribution in [3.8, 4) is 0 Å². The maximum absolute atomic E-state index is 11.5. The average molecular weight is 240 g/mol. The van der Waals surface area contributed by atoms with E-state index in [9.17, 15) is 9.59 Å². The zero-order valence-corrected chi connectivity index (χ0v) is 9.34. The molecule has 0 atom stereocenters. The summed E-state index contributed by atoms with van der Waals surface area (Å²) in [4.78, 5) is 22.4. The van der Waals surface area contributed by atoms with Crippen molar-refractivity contribution < 1.29 is 9.59 Å². The molecule has 1 aliphatic heterocycles. The summed E-state index contributed by atoms with van der Waals surface area (Å²) in [5.41, 5.74) is 4.22. The summed E-state index contributed by atoms with van der Waals surface area (Å²) >= 11 is 5.89. The molecule has 1 saturated heterocycles. The molecule has 6 heteroatoms. The summed E-state index contributed by atoms with van der Waals surface area (Å²) in [6.07, 6.45) is 0. The SMILES string of the molecule is Cc1cc(N2NCC(=O)NC2=O)ccc1Cl. The smallest absolute Gasteiger partial charge is 0.275 e. The summed E-state index contributed by atoms with van der Waals surface area (Å²) in [5, 5.41) is 4.13. The predicted octanol–water partition coefficient (Wildman–Crippen LogP) is 1.21. The number of rotatable bonds is 1. The molecule has 2 N–H and O–H groups in total. The van der Waals surface area contributed by atoms with E-state index >= 15 is 0 Å². The monoisotopic (exact) mass is 239 g/mol. The van der Waals surface area contributed by atoms with Gasteiger partial charge in [-0.15, -0.1) is 0 Å². The molecule has 0 bridgehead atoms. The van der Waals surface area contributed by atoms with Crippen LogP contribution in [0.15, 0.2) is 18.2 Å². The Balaban J connectivity index is 2.27. The third-order valence-electron chi connectivity index (χ3n) is 2.25. The molecule has 16 heavy (non-hydrogen) atoms. The molecule has 2 rings (SSSR count). The number of hydrogen-bond acceptors (Lipinski definition) is 3. The number of hydrazine groups is 1.